The van der Waals surface area contributed by atoms with Crippen LogP contribution in [0, 0.1) is 0 Å². The molecule has 1 atom stereocenters. The molecule has 1 aromatic heterocycles. The van der Waals surface area contributed by atoms with Crippen LogP contribution in [0.5, 0.6) is 0 Å². The van der Waals surface area contributed by atoms with Crippen LogP contribution in [0.25, 0.3) is 0 Å². The third kappa shape index (κ3) is 1.07. The highest BCUT2D eigenvalue weighted by Crippen LogP contribution is 2.22. The number of hydrogen-bond donors (Lipinski definition) is 1. The van der Waals surface area contributed by atoms with Crippen LogP contribution in [0.15, 0.2) is 18.3 Å². The van der Waals surface area contributed by atoms with E-state index in [4.69, 9.17) is 0 Å². The molecule has 2 rings (SSSR count). The largest absolute Gasteiger partial charge is 0.373 e. The maximum Gasteiger partial charge on any atom is 0.152 e. The predicted octanol–water partition coefficient (Wildman–Crippen LogP) is 1.01. The summed E-state index contributed by atoms with van der Waals surface area (Å²) in [5.74, 6) is 0.174. The van der Waals surface area contributed by atoms with Crippen LogP contribution < -0.4 is 5.32 Å². The molecule has 1 aliphatic rings. The van der Waals surface area contributed by atoms with Crippen LogP contribution in [-0.2, 0) is 11.2 Å². The van der Waals surface area contributed by atoms with Gasteiger partial charge in [-0.1, -0.05) is 0 Å². The van der Waals surface area contributed by atoms with Crippen molar-refractivity contribution in [2.75, 3.05) is 5.32 Å². The van der Waals surface area contributed by atoms with Crippen LogP contribution in [0.2, 0.25) is 0 Å². The Balaban J connectivity index is 2.27. The van der Waals surface area contributed by atoms with Gasteiger partial charge in [0.15, 0.2) is 5.78 Å². The van der Waals surface area contributed by atoms with E-state index in [9.17, 15) is 4.79 Å². The number of anilines is 1. The highest BCUT2D eigenvalue weighted by atomic mass is 16.1. The molecule has 0 aromatic carbocycles. The van der Waals surface area contributed by atoms with Crippen molar-refractivity contribution in [1.82, 2.24) is 4.98 Å². The Labute approximate surface area is 70.8 Å². The molecule has 0 radical (unpaired) electrons. The molecule has 0 bridgehead atoms. The Morgan fingerprint density at radius 2 is 2.58 bits per heavy atom. The predicted molar refractivity (Wildman–Crippen MR) is 46.0 cm³/mol. The quantitative estimate of drug-likeness (QED) is 0.670. The van der Waals surface area contributed by atoms with Crippen molar-refractivity contribution in [1.29, 1.82) is 0 Å². The van der Waals surface area contributed by atoms with Crippen LogP contribution in [-0.4, -0.2) is 16.8 Å². The first kappa shape index (κ1) is 7.28. The second-order valence-corrected chi connectivity index (χ2v) is 3.01. The van der Waals surface area contributed by atoms with Crippen LogP contribution in [0.3, 0.4) is 0 Å². The average Bonchev–Trinajstić information content (AvgIpc) is 2.46. The van der Waals surface area contributed by atoms with Crippen molar-refractivity contribution < 1.29 is 4.79 Å². The summed E-state index contributed by atoms with van der Waals surface area (Å²) in [6, 6.07) is 3.76. The van der Waals surface area contributed by atoms with Crippen molar-refractivity contribution in [2.24, 2.45) is 0 Å². The van der Waals surface area contributed by atoms with Crippen molar-refractivity contribution in [3.8, 4) is 0 Å². The van der Waals surface area contributed by atoms with Gasteiger partial charge in [-0.15, -0.1) is 0 Å². The van der Waals surface area contributed by atoms with Gasteiger partial charge >= 0.3 is 0 Å². The number of pyridine rings is 1. The molecule has 0 spiro atoms. The number of nitrogens with zero attached hydrogens (tertiary/aromatic N) is 1. The molecule has 0 saturated heterocycles. The minimum absolute atomic E-state index is 0.0603. The molecule has 12 heavy (non-hydrogen) atoms. The Kier molecular flexibility index (Phi) is 1.57. The zero-order valence-electron chi connectivity index (χ0n) is 6.87. The Hall–Kier alpha value is -1.38. The van der Waals surface area contributed by atoms with Crippen LogP contribution >= 0.6 is 0 Å². The molecule has 3 nitrogen and oxygen atoms in total. The van der Waals surface area contributed by atoms with Crippen LogP contribution in [0.4, 0.5) is 5.69 Å². The Morgan fingerprint density at radius 3 is 3.25 bits per heavy atom. The van der Waals surface area contributed by atoms with E-state index < -0.39 is 0 Å². The second kappa shape index (κ2) is 2.59. The first-order chi connectivity index (χ1) is 5.77. The summed E-state index contributed by atoms with van der Waals surface area (Å²) in [7, 11) is 0. The molecule has 0 fully saturated rings. The lowest BCUT2D eigenvalue weighted by molar-refractivity contribution is -0.117. The molecule has 0 amide bonds. The zero-order chi connectivity index (χ0) is 8.55. The molecule has 0 aliphatic carbocycles. The van der Waals surface area contributed by atoms with E-state index in [1.54, 1.807) is 13.1 Å². The SMILES string of the molecule is CC(=O)C1Cc2ncccc2N1. The number of rotatable bonds is 1. The molecule has 3 heteroatoms. The van der Waals surface area contributed by atoms with Gasteiger partial charge in [-0.25, -0.2) is 0 Å². The first-order valence-electron chi connectivity index (χ1n) is 3.98. The van der Waals surface area contributed by atoms with Gasteiger partial charge in [0.05, 0.1) is 17.4 Å². The van der Waals surface area contributed by atoms with E-state index in [0.29, 0.717) is 0 Å². The lowest BCUT2D eigenvalue weighted by Gasteiger charge is -2.04. The summed E-state index contributed by atoms with van der Waals surface area (Å²) in [4.78, 5) is 15.2. The fraction of sp³-hybridized carbons (Fsp3) is 0.333. The molecular formula is C9H10N2O. The number of Topliss-reactive ketones (excluding diaryl/α,β-unsaturated/α-hetero) is 1. The molecule has 0 saturated carbocycles. The fourth-order valence-corrected chi connectivity index (χ4v) is 1.41. The number of aromatic nitrogens is 1. The molecule has 1 aliphatic heterocycles. The van der Waals surface area contributed by atoms with Gasteiger partial charge in [0.25, 0.3) is 0 Å². The molecule has 1 N–H and O–H groups in total. The lowest BCUT2D eigenvalue weighted by atomic mass is 10.1. The lowest BCUT2D eigenvalue weighted by Crippen LogP contribution is -2.24. The smallest absolute Gasteiger partial charge is 0.152 e. The van der Waals surface area contributed by atoms with Crippen LogP contribution in [0.1, 0.15) is 12.6 Å². The third-order valence-electron chi connectivity index (χ3n) is 2.11. The van der Waals surface area contributed by atoms with Gasteiger partial charge in [-0.05, 0) is 19.1 Å². The Morgan fingerprint density at radius 1 is 1.75 bits per heavy atom. The minimum Gasteiger partial charge on any atom is -0.373 e. The van der Waals surface area contributed by atoms with Gasteiger partial charge < -0.3 is 5.32 Å². The van der Waals surface area contributed by atoms with E-state index in [-0.39, 0.29) is 11.8 Å². The van der Waals surface area contributed by atoms with Crippen molar-refractivity contribution in [2.45, 2.75) is 19.4 Å². The summed E-state index contributed by atoms with van der Waals surface area (Å²) in [5.41, 5.74) is 2.00. The van der Waals surface area contributed by atoms with Gasteiger partial charge in [-0.3, -0.25) is 9.78 Å². The van der Waals surface area contributed by atoms with E-state index in [1.807, 2.05) is 12.1 Å². The van der Waals surface area contributed by atoms with E-state index >= 15 is 0 Å². The first-order valence-corrected chi connectivity index (χ1v) is 3.98. The average molecular weight is 162 g/mol. The number of nitrogens with one attached hydrogen (secondary N) is 1. The minimum atomic E-state index is -0.0603. The maximum absolute atomic E-state index is 11.0. The highest BCUT2D eigenvalue weighted by Gasteiger charge is 2.23. The third-order valence-corrected chi connectivity index (χ3v) is 2.11. The molecule has 1 unspecified atom stereocenters. The van der Waals surface area contributed by atoms with Gasteiger partial charge in [0, 0.05) is 12.6 Å². The summed E-state index contributed by atoms with van der Waals surface area (Å²) >= 11 is 0. The fourth-order valence-electron chi connectivity index (χ4n) is 1.41. The Bertz CT molecular complexity index is 297. The summed E-state index contributed by atoms with van der Waals surface area (Å²) in [6.45, 7) is 1.60. The van der Waals surface area contributed by atoms with Crippen molar-refractivity contribution >= 4 is 11.5 Å². The molecule has 2 heterocycles. The number of fused-ring (bicyclic) bond motifs is 1. The second-order valence-electron chi connectivity index (χ2n) is 3.01. The van der Waals surface area contributed by atoms with Crippen molar-refractivity contribution in [3.63, 3.8) is 0 Å². The van der Waals surface area contributed by atoms with E-state index in [0.717, 1.165) is 17.8 Å². The van der Waals surface area contributed by atoms with Crippen molar-refractivity contribution in [3.05, 3.63) is 24.0 Å². The number of hydrogen-bond acceptors (Lipinski definition) is 3. The number of ketones is 1. The van der Waals surface area contributed by atoms with Gasteiger partial charge in [0.1, 0.15) is 0 Å². The maximum atomic E-state index is 11.0. The normalized spacial score (nSPS) is 19.9. The summed E-state index contributed by atoms with van der Waals surface area (Å²) in [6.07, 6.45) is 2.48. The standard InChI is InChI=1S/C9H10N2O/c1-6(12)8-5-9-7(11-8)3-2-4-10-9/h2-4,8,11H,5H2,1H3. The molecule has 1 aromatic rings. The van der Waals surface area contributed by atoms with Gasteiger partial charge in [-0.2, -0.15) is 0 Å². The number of carbonyl (C=O) groups is 1. The topological polar surface area (TPSA) is 42.0 Å². The molecule has 62 valence electrons. The summed E-state index contributed by atoms with van der Waals surface area (Å²) < 4.78 is 0. The van der Waals surface area contributed by atoms with Gasteiger partial charge in [0.2, 0.25) is 0 Å². The highest BCUT2D eigenvalue weighted by molar-refractivity contribution is 5.86. The monoisotopic (exact) mass is 162 g/mol. The van der Waals surface area contributed by atoms with E-state index in [1.165, 1.54) is 0 Å². The zero-order valence-corrected chi connectivity index (χ0v) is 6.87. The van der Waals surface area contributed by atoms with E-state index in [2.05, 4.69) is 10.3 Å². The number of carbonyl (C=O) groups excluding carboxylic acids is 1. The molecular weight excluding hydrogens is 152 g/mol. The summed E-state index contributed by atoms with van der Waals surface area (Å²) in [5, 5.41) is 3.12.